The highest BCUT2D eigenvalue weighted by Gasteiger charge is 2.18. The highest BCUT2D eigenvalue weighted by Crippen LogP contribution is 2.28. The molecule has 0 radical (unpaired) electrons. The zero-order chi connectivity index (χ0) is 20.9. The van der Waals surface area contributed by atoms with Crippen LogP contribution in [0.5, 0.6) is 5.75 Å². The predicted molar refractivity (Wildman–Crippen MR) is 111 cm³/mol. The van der Waals surface area contributed by atoms with Crippen molar-refractivity contribution in [2.45, 2.75) is 11.5 Å². The summed E-state index contributed by atoms with van der Waals surface area (Å²) in [5.41, 5.74) is 0.966. The van der Waals surface area contributed by atoms with Crippen LogP contribution >= 0.6 is 11.6 Å². The SMILES string of the molecule is O=C(Nc1cc(S(=O)(=O)Nc2cccc(Cl)c2)ccc1O)OCc1ccccc1. The second-order valence-corrected chi connectivity index (χ2v) is 8.10. The maximum atomic E-state index is 12.6. The lowest BCUT2D eigenvalue weighted by Crippen LogP contribution is -2.16. The third-order valence-electron chi connectivity index (χ3n) is 3.80. The lowest BCUT2D eigenvalue weighted by atomic mass is 10.2. The van der Waals surface area contributed by atoms with Crippen LogP contribution in [0, 0.1) is 0 Å². The number of benzene rings is 3. The minimum atomic E-state index is -3.97. The van der Waals surface area contributed by atoms with Gasteiger partial charge in [-0.25, -0.2) is 13.2 Å². The molecule has 0 aliphatic carbocycles. The minimum Gasteiger partial charge on any atom is -0.506 e. The van der Waals surface area contributed by atoms with Crippen molar-refractivity contribution in [2.24, 2.45) is 0 Å². The molecular weight excluding hydrogens is 416 g/mol. The molecule has 0 bridgehead atoms. The largest absolute Gasteiger partial charge is 0.506 e. The zero-order valence-corrected chi connectivity index (χ0v) is 16.6. The minimum absolute atomic E-state index is 0.0295. The Morgan fingerprint density at radius 2 is 1.76 bits per heavy atom. The summed E-state index contributed by atoms with van der Waals surface area (Å²) in [5.74, 6) is -0.302. The van der Waals surface area contributed by atoms with Gasteiger partial charge in [-0.15, -0.1) is 0 Å². The summed E-state index contributed by atoms with van der Waals surface area (Å²) in [6.07, 6.45) is -0.832. The van der Waals surface area contributed by atoms with Crippen LogP contribution in [0.25, 0.3) is 0 Å². The van der Waals surface area contributed by atoms with E-state index in [1.54, 1.807) is 30.3 Å². The number of hydrogen-bond acceptors (Lipinski definition) is 5. The molecule has 7 nitrogen and oxygen atoms in total. The van der Waals surface area contributed by atoms with Gasteiger partial charge in [0.15, 0.2) is 0 Å². The van der Waals surface area contributed by atoms with E-state index in [0.717, 1.165) is 11.6 Å². The average molecular weight is 433 g/mol. The number of sulfonamides is 1. The fourth-order valence-electron chi connectivity index (χ4n) is 2.42. The quantitative estimate of drug-likeness (QED) is 0.494. The highest BCUT2D eigenvalue weighted by molar-refractivity contribution is 7.92. The second-order valence-electron chi connectivity index (χ2n) is 5.98. The molecule has 0 heterocycles. The van der Waals surface area contributed by atoms with Gasteiger partial charge in [0.25, 0.3) is 10.0 Å². The predicted octanol–water partition coefficient (Wildman–Crippen LogP) is 4.60. The van der Waals surface area contributed by atoms with E-state index in [-0.39, 0.29) is 28.6 Å². The van der Waals surface area contributed by atoms with Gasteiger partial charge in [-0.05, 0) is 42.0 Å². The smallest absolute Gasteiger partial charge is 0.412 e. The number of phenols is 1. The molecule has 3 aromatic carbocycles. The van der Waals surface area contributed by atoms with Crippen molar-refractivity contribution >= 4 is 39.1 Å². The first-order valence-corrected chi connectivity index (χ1v) is 10.3. The van der Waals surface area contributed by atoms with Crippen LogP contribution in [0.1, 0.15) is 5.56 Å². The Bertz CT molecular complexity index is 1120. The molecule has 0 unspecified atom stereocenters. The lowest BCUT2D eigenvalue weighted by molar-refractivity contribution is 0.155. The number of hydrogen-bond donors (Lipinski definition) is 3. The standard InChI is InChI=1S/C20H17ClN2O5S/c21-15-7-4-8-16(11-15)23-29(26,27)17-9-10-19(24)18(12-17)22-20(25)28-13-14-5-2-1-3-6-14/h1-12,23-24H,13H2,(H,22,25). The lowest BCUT2D eigenvalue weighted by Gasteiger charge is -2.12. The normalized spacial score (nSPS) is 10.9. The molecule has 3 aromatic rings. The fraction of sp³-hybridized carbons (Fsp3) is 0.0500. The molecule has 0 saturated heterocycles. The Morgan fingerprint density at radius 3 is 2.48 bits per heavy atom. The van der Waals surface area contributed by atoms with Crippen molar-refractivity contribution in [1.82, 2.24) is 0 Å². The van der Waals surface area contributed by atoms with E-state index < -0.39 is 16.1 Å². The molecule has 0 aliphatic rings. The van der Waals surface area contributed by atoms with E-state index in [2.05, 4.69) is 10.0 Å². The van der Waals surface area contributed by atoms with Crippen LogP contribution in [0.2, 0.25) is 5.02 Å². The molecule has 0 spiro atoms. The third kappa shape index (κ3) is 5.63. The maximum Gasteiger partial charge on any atom is 0.412 e. The summed E-state index contributed by atoms with van der Waals surface area (Å²) in [6.45, 7) is 0.0295. The number of amides is 1. The number of aromatic hydroxyl groups is 1. The number of carbonyl (C=O) groups excluding carboxylic acids is 1. The van der Waals surface area contributed by atoms with E-state index in [9.17, 15) is 18.3 Å². The second kappa shape index (κ2) is 8.85. The summed E-state index contributed by atoms with van der Waals surface area (Å²) < 4.78 is 32.7. The first kappa shape index (κ1) is 20.5. The van der Waals surface area contributed by atoms with E-state index in [1.165, 1.54) is 18.2 Å². The van der Waals surface area contributed by atoms with Gasteiger partial charge in [0.05, 0.1) is 16.3 Å². The zero-order valence-electron chi connectivity index (χ0n) is 15.0. The number of phenolic OH excluding ortho intramolecular Hbond substituents is 1. The number of nitrogens with one attached hydrogen (secondary N) is 2. The Balaban J connectivity index is 1.72. The maximum absolute atomic E-state index is 12.6. The van der Waals surface area contributed by atoms with Crippen LogP contribution in [0.3, 0.4) is 0 Å². The van der Waals surface area contributed by atoms with Gasteiger partial charge in [0, 0.05) is 5.02 Å². The van der Waals surface area contributed by atoms with Crippen molar-refractivity contribution < 1.29 is 23.1 Å². The van der Waals surface area contributed by atoms with Gasteiger partial charge < -0.3 is 9.84 Å². The molecule has 150 valence electrons. The van der Waals surface area contributed by atoms with Gasteiger partial charge in [0.2, 0.25) is 0 Å². The molecule has 3 rings (SSSR count). The van der Waals surface area contributed by atoms with Crippen molar-refractivity contribution in [1.29, 1.82) is 0 Å². The molecule has 29 heavy (non-hydrogen) atoms. The van der Waals surface area contributed by atoms with Gasteiger partial charge in [-0.2, -0.15) is 0 Å². The molecule has 0 aromatic heterocycles. The van der Waals surface area contributed by atoms with Crippen LogP contribution in [-0.2, 0) is 21.4 Å². The van der Waals surface area contributed by atoms with Gasteiger partial charge >= 0.3 is 6.09 Å². The van der Waals surface area contributed by atoms with E-state index >= 15 is 0 Å². The molecule has 3 N–H and O–H groups in total. The van der Waals surface area contributed by atoms with E-state index in [4.69, 9.17) is 16.3 Å². The molecule has 0 fully saturated rings. The number of carbonyl (C=O) groups is 1. The van der Waals surface area contributed by atoms with E-state index in [1.807, 2.05) is 18.2 Å². The topological polar surface area (TPSA) is 105 Å². The molecular formula is C20H17ClN2O5S. The highest BCUT2D eigenvalue weighted by atomic mass is 35.5. The summed E-state index contributed by atoms with van der Waals surface area (Å²) in [6, 6.07) is 18.8. The Morgan fingerprint density at radius 1 is 1.00 bits per heavy atom. The van der Waals surface area contributed by atoms with Crippen LogP contribution in [0.4, 0.5) is 16.2 Å². The van der Waals surface area contributed by atoms with Gasteiger partial charge in [-0.3, -0.25) is 10.0 Å². The Labute approximate surface area is 173 Å². The van der Waals surface area contributed by atoms with Crippen LogP contribution in [-0.4, -0.2) is 19.6 Å². The van der Waals surface area contributed by atoms with Gasteiger partial charge in [-0.1, -0.05) is 48.0 Å². The summed E-state index contributed by atoms with van der Waals surface area (Å²) in [5, 5.41) is 12.7. The Hall–Kier alpha value is -3.23. The summed E-state index contributed by atoms with van der Waals surface area (Å²) in [7, 11) is -3.97. The first-order valence-electron chi connectivity index (χ1n) is 8.42. The monoisotopic (exact) mass is 432 g/mol. The fourth-order valence-corrected chi connectivity index (χ4v) is 3.68. The van der Waals surface area contributed by atoms with Crippen molar-refractivity contribution in [2.75, 3.05) is 10.0 Å². The number of halogens is 1. The molecule has 1 amide bonds. The number of anilines is 2. The molecule has 0 aliphatic heterocycles. The summed E-state index contributed by atoms with van der Waals surface area (Å²) >= 11 is 5.87. The van der Waals surface area contributed by atoms with Gasteiger partial charge in [0.1, 0.15) is 12.4 Å². The van der Waals surface area contributed by atoms with E-state index in [0.29, 0.717) is 5.02 Å². The third-order valence-corrected chi connectivity index (χ3v) is 5.42. The van der Waals surface area contributed by atoms with Crippen LogP contribution in [0.15, 0.2) is 77.7 Å². The molecule has 9 heteroatoms. The molecule has 0 atom stereocenters. The average Bonchev–Trinajstić information content (AvgIpc) is 2.68. The molecule has 0 saturated carbocycles. The summed E-state index contributed by atoms with van der Waals surface area (Å²) in [4.78, 5) is 11.8. The number of ether oxygens (including phenoxy) is 1. The Kier molecular flexibility index (Phi) is 6.26. The van der Waals surface area contributed by atoms with Crippen LogP contribution < -0.4 is 10.0 Å². The number of rotatable bonds is 6. The van der Waals surface area contributed by atoms with Crippen molar-refractivity contribution in [3.8, 4) is 5.75 Å². The first-order chi connectivity index (χ1) is 13.8. The van der Waals surface area contributed by atoms with Crippen molar-refractivity contribution in [3.05, 3.63) is 83.4 Å². The van der Waals surface area contributed by atoms with Crippen molar-refractivity contribution in [3.63, 3.8) is 0 Å².